The molecule has 1 fully saturated rings. The first-order chi connectivity index (χ1) is 13.0. The highest BCUT2D eigenvalue weighted by molar-refractivity contribution is 6.30. The molecule has 0 aliphatic carbocycles. The zero-order valence-corrected chi connectivity index (χ0v) is 17.1. The minimum atomic E-state index is 0.517. The van der Waals surface area contributed by atoms with Gasteiger partial charge in [0.1, 0.15) is 0 Å². The van der Waals surface area contributed by atoms with Gasteiger partial charge in [0.2, 0.25) is 0 Å². The number of likely N-dealkylation sites (N-methyl/N-ethyl adjacent to an activating group) is 1. The van der Waals surface area contributed by atoms with Gasteiger partial charge in [0, 0.05) is 29.5 Å². The summed E-state index contributed by atoms with van der Waals surface area (Å²) in [6.45, 7) is 4.39. The molecule has 2 aliphatic heterocycles. The summed E-state index contributed by atoms with van der Waals surface area (Å²) in [5, 5.41) is 0.826. The van der Waals surface area contributed by atoms with Crippen LogP contribution < -0.4 is 0 Å². The Bertz CT molecular complexity index is 898. The van der Waals surface area contributed by atoms with Gasteiger partial charge in [-0.3, -0.25) is 9.88 Å². The van der Waals surface area contributed by atoms with Gasteiger partial charge in [-0.25, -0.2) is 0 Å². The smallest absolute Gasteiger partial charge is 0.0412 e. The number of fused-ring (bicyclic) bond motifs is 2. The van der Waals surface area contributed by atoms with Crippen LogP contribution in [-0.2, 0) is 0 Å². The van der Waals surface area contributed by atoms with Crippen molar-refractivity contribution in [2.75, 3.05) is 7.05 Å². The van der Waals surface area contributed by atoms with Gasteiger partial charge < -0.3 is 0 Å². The van der Waals surface area contributed by atoms with Crippen LogP contribution in [0.25, 0.3) is 11.1 Å². The Morgan fingerprint density at radius 1 is 1.30 bits per heavy atom. The quantitative estimate of drug-likeness (QED) is 0.633. The molecule has 27 heavy (non-hydrogen) atoms. The van der Waals surface area contributed by atoms with Crippen LogP contribution in [-0.4, -0.2) is 29.0 Å². The first-order valence-electron chi connectivity index (χ1n) is 9.82. The van der Waals surface area contributed by atoms with Crippen molar-refractivity contribution in [1.29, 1.82) is 0 Å². The van der Waals surface area contributed by atoms with Gasteiger partial charge in [-0.2, -0.15) is 0 Å². The summed E-state index contributed by atoms with van der Waals surface area (Å²) in [6.07, 6.45) is 10.8. The lowest BCUT2D eigenvalue weighted by Gasteiger charge is -2.36. The molecule has 0 saturated carbocycles. The number of hydrogen-bond acceptors (Lipinski definition) is 2. The molecule has 0 N–H and O–H groups in total. The molecule has 2 unspecified atom stereocenters. The lowest BCUT2D eigenvalue weighted by molar-refractivity contribution is 0.261. The average molecular weight is 379 g/mol. The molecular weight excluding hydrogens is 352 g/mol. The van der Waals surface area contributed by atoms with E-state index in [0.29, 0.717) is 12.1 Å². The maximum absolute atomic E-state index is 6.37. The van der Waals surface area contributed by atoms with Gasteiger partial charge in [0.05, 0.1) is 0 Å². The zero-order chi connectivity index (χ0) is 19.0. The first-order valence-corrected chi connectivity index (χ1v) is 10.2. The number of nitrogens with zero attached hydrogens (tertiary/aromatic N) is 2. The van der Waals surface area contributed by atoms with Crippen molar-refractivity contribution in [3.05, 3.63) is 76.1 Å². The number of aryl methyl sites for hydroxylation is 1. The third-order valence-electron chi connectivity index (χ3n) is 6.30. The molecule has 3 heteroatoms. The topological polar surface area (TPSA) is 16.1 Å². The van der Waals surface area contributed by atoms with Crippen LogP contribution in [0.5, 0.6) is 0 Å². The van der Waals surface area contributed by atoms with Crippen molar-refractivity contribution in [3.63, 3.8) is 0 Å². The third kappa shape index (κ3) is 3.61. The van der Waals surface area contributed by atoms with E-state index in [9.17, 15) is 0 Å². The maximum atomic E-state index is 6.37. The number of allylic oxidation sites excluding steroid dienone is 2. The Labute approximate surface area is 167 Å². The van der Waals surface area contributed by atoms with E-state index in [1.807, 2.05) is 24.5 Å². The summed E-state index contributed by atoms with van der Waals surface area (Å²) in [4.78, 5) is 6.83. The fourth-order valence-corrected chi connectivity index (χ4v) is 4.85. The number of rotatable bonds is 4. The summed E-state index contributed by atoms with van der Waals surface area (Å²) in [5.41, 5.74) is 8.25. The molecule has 2 nitrogen and oxygen atoms in total. The van der Waals surface area contributed by atoms with Crippen molar-refractivity contribution in [1.82, 2.24) is 9.88 Å². The van der Waals surface area contributed by atoms with Crippen LogP contribution in [0.1, 0.15) is 49.3 Å². The van der Waals surface area contributed by atoms with E-state index in [-0.39, 0.29) is 0 Å². The Balaban J connectivity index is 1.74. The molecule has 3 heterocycles. The molecule has 140 valence electrons. The van der Waals surface area contributed by atoms with Gasteiger partial charge in [-0.05, 0) is 92.6 Å². The van der Waals surface area contributed by atoms with Crippen molar-refractivity contribution in [2.24, 2.45) is 0 Å². The SMILES string of the molecule is C/C(=C\CC1=C(c2cc(Cl)ccc2C)C2CCC(C1)N2C)c1cccnc1. The molecule has 1 aromatic carbocycles. The van der Waals surface area contributed by atoms with Crippen LogP contribution in [0.2, 0.25) is 5.02 Å². The summed E-state index contributed by atoms with van der Waals surface area (Å²) in [6, 6.07) is 11.6. The predicted octanol–water partition coefficient (Wildman–Crippen LogP) is 6.16. The minimum absolute atomic E-state index is 0.517. The molecule has 4 rings (SSSR count). The van der Waals surface area contributed by atoms with Crippen molar-refractivity contribution < 1.29 is 0 Å². The number of pyridine rings is 1. The number of halogens is 1. The molecule has 1 aromatic heterocycles. The van der Waals surface area contributed by atoms with Crippen molar-refractivity contribution in [3.8, 4) is 0 Å². The molecule has 2 bridgehead atoms. The summed E-state index contributed by atoms with van der Waals surface area (Å²) < 4.78 is 0. The lowest BCUT2D eigenvalue weighted by Crippen LogP contribution is -2.37. The molecule has 2 atom stereocenters. The van der Waals surface area contributed by atoms with Crippen molar-refractivity contribution in [2.45, 2.75) is 51.6 Å². The third-order valence-corrected chi connectivity index (χ3v) is 6.53. The van der Waals surface area contributed by atoms with E-state index < -0.39 is 0 Å². The molecule has 0 radical (unpaired) electrons. The standard InChI is InChI=1S/C24H27ClN2/c1-16(19-5-4-12-26-15-19)6-8-18-13-21-10-11-23(27(21)3)24(18)22-14-20(25)9-7-17(22)2/h4-7,9,12,14-15,21,23H,8,10-11,13H2,1-3H3/b16-6+. The van der Waals surface area contributed by atoms with E-state index in [2.05, 4.69) is 55.1 Å². The highest BCUT2D eigenvalue weighted by Crippen LogP contribution is 2.45. The summed E-state index contributed by atoms with van der Waals surface area (Å²) >= 11 is 6.37. The van der Waals surface area contributed by atoms with Crippen LogP contribution in [0.3, 0.4) is 0 Å². The predicted molar refractivity (Wildman–Crippen MR) is 115 cm³/mol. The van der Waals surface area contributed by atoms with Crippen LogP contribution in [0.15, 0.2) is 54.4 Å². The second kappa shape index (κ2) is 7.61. The second-order valence-corrected chi connectivity index (χ2v) is 8.36. The fraction of sp³-hybridized carbons (Fsp3) is 0.375. The van der Waals surface area contributed by atoms with Gasteiger partial charge in [-0.15, -0.1) is 0 Å². The number of benzene rings is 1. The van der Waals surface area contributed by atoms with Crippen molar-refractivity contribution >= 4 is 22.7 Å². The second-order valence-electron chi connectivity index (χ2n) is 7.93. The van der Waals surface area contributed by atoms with Gasteiger partial charge in [0.25, 0.3) is 0 Å². The normalized spacial score (nSPS) is 23.2. The van der Waals surface area contributed by atoms with Crippen LogP contribution in [0.4, 0.5) is 0 Å². The molecule has 0 spiro atoms. The molecule has 1 saturated heterocycles. The van der Waals surface area contributed by atoms with E-state index in [4.69, 9.17) is 11.6 Å². The maximum Gasteiger partial charge on any atom is 0.0412 e. The minimum Gasteiger partial charge on any atom is -0.296 e. The van der Waals surface area contributed by atoms with Gasteiger partial charge in [-0.1, -0.05) is 35.4 Å². The first kappa shape index (κ1) is 18.5. The summed E-state index contributed by atoms with van der Waals surface area (Å²) in [7, 11) is 2.29. The van der Waals surface area contributed by atoms with Crippen LogP contribution in [0, 0.1) is 6.92 Å². The Kier molecular flexibility index (Phi) is 5.21. The van der Waals surface area contributed by atoms with E-state index in [0.717, 1.165) is 17.9 Å². The summed E-state index contributed by atoms with van der Waals surface area (Å²) in [5.74, 6) is 0. The average Bonchev–Trinajstić information content (AvgIpc) is 2.92. The van der Waals surface area contributed by atoms with E-state index in [1.54, 1.807) is 5.57 Å². The molecule has 0 amide bonds. The molecule has 2 aromatic rings. The fourth-order valence-electron chi connectivity index (χ4n) is 4.67. The van der Waals surface area contributed by atoms with Gasteiger partial charge >= 0.3 is 0 Å². The largest absolute Gasteiger partial charge is 0.296 e. The Morgan fingerprint density at radius 2 is 2.15 bits per heavy atom. The van der Waals surface area contributed by atoms with E-state index in [1.165, 1.54) is 40.7 Å². The van der Waals surface area contributed by atoms with Crippen LogP contribution >= 0.6 is 11.6 Å². The number of hydrogen-bond donors (Lipinski definition) is 0. The highest BCUT2D eigenvalue weighted by atomic mass is 35.5. The Hall–Kier alpha value is -1.90. The highest BCUT2D eigenvalue weighted by Gasteiger charge is 2.39. The van der Waals surface area contributed by atoms with E-state index >= 15 is 0 Å². The Morgan fingerprint density at radius 3 is 2.93 bits per heavy atom. The molecule has 2 aliphatic rings. The zero-order valence-electron chi connectivity index (χ0n) is 16.4. The number of aromatic nitrogens is 1. The van der Waals surface area contributed by atoms with Gasteiger partial charge in [0.15, 0.2) is 0 Å². The monoisotopic (exact) mass is 378 g/mol. The molecular formula is C24H27ClN2. The lowest BCUT2D eigenvalue weighted by atomic mass is 9.85.